The van der Waals surface area contributed by atoms with Crippen LogP contribution in [0.1, 0.15) is 17.5 Å². The summed E-state index contributed by atoms with van der Waals surface area (Å²) in [7, 11) is 1.56. The van der Waals surface area contributed by atoms with Crippen molar-refractivity contribution in [2.45, 2.75) is 13.0 Å². The van der Waals surface area contributed by atoms with Crippen LogP contribution in [0.25, 0.3) is 0 Å². The van der Waals surface area contributed by atoms with Crippen LogP contribution >= 0.6 is 27.5 Å². The smallest absolute Gasteiger partial charge is 0.254 e. The summed E-state index contributed by atoms with van der Waals surface area (Å²) < 4.78 is 12.2. The average molecular weight is 542 g/mol. The summed E-state index contributed by atoms with van der Waals surface area (Å²) in [5, 5.41) is 6.07. The van der Waals surface area contributed by atoms with Crippen LogP contribution in [0.3, 0.4) is 0 Å². The van der Waals surface area contributed by atoms with Gasteiger partial charge in [0, 0.05) is 5.02 Å². The Morgan fingerprint density at radius 2 is 1.74 bits per heavy atom. The first kappa shape index (κ1) is 21.9. The first-order chi connectivity index (χ1) is 16.5. The molecule has 2 aromatic rings. The lowest BCUT2D eigenvalue weighted by Crippen LogP contribution is -2.40. The number of carbonyl (C=O) groups excluding carboxylic acids is 2. The molecule has 2 bridgehead atoms. The van der Waals surface area contributed by atoms with Gasteiger partial charge >= 0.3 is 0 Å². The molecule has 174 valence electrons. The first-order valence-electron chi connectivity index (χ1n) is 11.3. The predicted molar refractivity (Wildman–Crippen MR) is 131 cm³/mol. The van der Waals surface area contributed by atoms with E-state index in [0.29, 0.717) is 45.0 Å². The number of hydrazone groups is 1. The predicted octanol–water partition coefficient (Wildman–Crippen LogP) is 5.08. The van der Waals surface area contributed by atoms with Gasteiger partial charge in [0.1, 0.15) is 6.61 Å². The number of nitrogens with zero attached hydrogens (tertiary/aromatic N) is 2. The van der Waals surface area contributed by atoms with Gasteiger partial charge in [-0.15, -0.1) is 0 Å². The highest BCUT2D eigenvalue weighted by molar-refractivity contribution is 9.10. The van der Waals surface area contributed by atoms with E-state index in [1.54, 1.807) is 13.2 Å². The number of hydrogen-bond acceptors (Lipinski definition) is 5. The summed E-state index contributed by atoms with van der Waals surface area (Å²) in [6, 6.07) is 11.0. The van der Waals surface area contributed by atoms with Crippen molar-refractivity contribution in [3.05, 3.63) is 69.2 Å². The molecule has 0 aromatic heterocycles. The molecule has 7 rings (SSSR count). The maximum absolute atomic E-state index is 13.1. The number of amides is 2. The number of allylic oxidation sites excluding steroid dienone is 2. The molecule has 6 nitrogen and oxygen atoms in total. The van der Waals surface area contributed by atoms with E-state index < -0.39 is 0 Å². The lowest BCUT2D eigenvalue weighted by molar-refractivity contribution is -0.140. The topological polar surface area (TPSA) is 68.2 Å². The van der Waals surface area contributed by atoms with Crippen LogP contribution in [0.4, 0.5) is 0 Å². The van der Waals surface area contributed by atoms with Crippen molar-refractivity contribution in [2.24, 2.45) is 40.6 Å². The number of hydrogen-bond donors (Lipinski definition) is 0. The van der Waals surface area contributed by atoms with Crippen molar-refractivity contribution in [1.82, 2.24) is 5.01 Å². The Bertz CT molecular complexity index is 1210. The van der Waals surface area contributed by atoms with E-state index in [1.165, 1.54) is 6.21 Å². The van der Waals surface area contributed by atoms with Gasteiger partial charge < -0.3 is 9.47 Å². The van der Waals surface area contributed by atoms with E-state index in [9.17, 15) is 9.59 Å². The Kier molecular flexibility index (Phi) is 5.30. The third-order valence-corrected chi connectivity index (χ3v) is 8.35. The number of benzene rings is 2. The molecule has 5 aliphatic rings. The summed E-state index contributed by atoms with van der Waals surface area (Å²) in [6.07, 6.45) is 6.98. The van der Waals surface area contributed by atoms with Gasteiger partial charge in [-0.1, -0.05) is 35.9 Å². The van der Waals surface area contributed by atoms with Crippen molar-refractivity contribution < 1.29 is 19.1 Å². The van der Waals surface area contributed by atoms with E-state index in [1.807, 2.05) is 30.3 Å². The van der Waals surface area contributed by atoms with Crippen LogP contribution < -0.4 is 9.47 Å². The molecular formula is C26H22BrClN2O4. The number of carbonyl (C=O) groups is 2. The van der Waals surface area contributed by atoms with Gasteiger partial charge in [-0.05, 0) is 81.4 Å². The van der Waals surface area contributed by atoms with Gasteiger partial charge in [0.2, 0.25) is 0 Å². The van der Waals surface area contributed by atoms with Crippen molar-refractivity contribution in [1.29, 1.82) is 0 Å². The van der Waals surface area contributed by atoms with Gasteiger partial charge in [0.05, 0.1) is 29.6 Å². The second-order valence-electron chi connectivity index (χ2n) is 9.34. The second kappa shape index (κ2) is 8.24. The number of imide groups is 1. The Morgan fingerprint density at radius 1 is 1.09 bits per heavy atom. The van der Waals surface area contributed by atoms with E-state index in [2.05, 4.69) is 33.2 Å². The zero-order chi connectivity index (χ0) is 23.6. The number of ether oxygens (including phenoxy) is 2. The van der Waals surface area contributed by atoms with Crippen LogP contribution in [-0.4, -0.2) is 30.1 Å². The van der Waals surface area contributed by atoms with Gasteiger partial charge in [0.15, 0.2) is 11.5 Å². The minimum Gasteiger partial charge on any atom is -0.493 e. The zero-order valence-electron chi connectivity index (χ0n) is 18.4. The van der Waals surface area contributed by atoms with Crippen molar-refractivity contribution in [3.8, 4) is 11.5 Å². The molecule has 2 saturated carbocycles. The molecule has 6 atom stereocenters. The lowest BCUT2D eigenvalue weighted by atomic mass is 9.63. The monoisotopic (exact) mass is 540 g/mol. The number of halogens is 2. The Labute approximate surface area is 210 Å². The van der Waals surface area contributed by atoms with Crippen molar-refractivity contribution >= 4 is 45.6 Å². The molecule has 3 fully saturated rings. The number of rotatable bonds is 6. The van der Waals surface area contributed by atoms with E-state index in [0.717, 1.165) is 17.0 Å². The van der Waals surface area contributed by atoms with Crippen molar-refractivity contribution in [2.75, 3.05) is 7.11 Å². The van der Waals surface area contributed by atoms with Crippen LogP contribution in [0.2, 0.25) is 5.02 Å². The van der Waals surface area contributed by atoms with Gasteiger partial charge in [-0.25, -0.2) is 0 Å². The highest BCUT2D eigenvalue weighted by atomic mass is 79.9. The maximum Gasteiger partial charge on any atom is 0.254 e. The van der Waals surface area contributed by atoms with Crippen LogP contribution in [0.15, 0.2) is 58.1 Å². The molecule has 0 radical (unpaired) electrons. The summed E-state index contributed by atoms with van der Waals surface area (Å²) in [5.41, 5.74) is 1.65. The molecule has 2 aromatic carbocycles. The zero-order valence-corrected chi connectivity index (χ0v) is 20.7. The lowest BCUT2D eigenvalue weighted by Gasteiger charge is -2.37. The fraction of sp³-hybridized carbons (Fsp3) is 0.346. The highest BCUT2D eigenvalue weighted by Crippen LogP contribution is 2.65. The number of methoxy groups -OCH3 is 1. The van der Waals surface area contributed by atoms with E-state index >= 15 is 0 Å². The highest BCUT2D eigenvalue weighted by Gasteiger charge is 2.67. The van der Waals surface area contributed by atoms with Gasteiger partial charge in [-0.2, -0.15) is 10.1 Å². The molecule has 1 aliphatic heterocycles. The summed E-state index contributed by atoms with van der Waals surface area (Å²) >= 11 is 9.49. The molecule has 0 spiro atoms. The third-order valence-electron chi connectivity index (χ3n) is 7.51. The quantitative estimate of drug-likeness (QED) is 0.291. The summed E-state index contributed by atoms with van der Waals surface area (Å²) in [6.45, 7) is 0.345. The SMILES string of the molecule is COc1cc(C=NN2C(=O)[C@@H]3[C@H]4C=C[C@@H]([C@@H]5C[C@@H]45)[C@H]3C2=O)cc(Br)c1OCc1ccc(Cl)cc1. The fourth-order valence-electron chi connectivity index (χ4n) is 5.87. The normalized spacial score (nSPS) is 30.6. The Balaban J connectivity index is 1.20. The van der Waals surface area contributed by atoms with Gasteiger partial charge in [0.25, 0.3) is 11.8 Å². The fourth-order valence-corrected chi connectivity index (χ4v) is 6.57. The standard InChI is InChI=1S/C26H22BrClN2O4/c1-33-21-9-14(8-20(27)24(21)34-12-13-2-4-15(28)5-3-13)11-29-30-25(31)22-16-6-7-17(19-10-18(16)19)23(22)26(30)32/h2-9,11,16-19,22-23H,10,12H2,1H3/t16-,17-,18-,19-,22+,23+/m0/s1. The molecule has 0 unspecified atom stereocenters. The van der Waals surface area contributed by atoms with Crippen molar-refractivity contribution in [3.63, 3.8) is 0 Å². The van der Waals surface area contributed by atoms with Crippen LogP contribution in [-0.2, 0) is 16.2 Å². The Hall–Kier alpha value is -2.64. The Morgan fingerprint density at radius 3 is 2.35 bits per heavy atom. The summed E-state index contributed by atoms with van der Waals surface area (Å²) in [4.78, 5) is 26.2. The molecule has 1 saturated heterocycles. The third kappa shape index (κ3) is 3.48. The second-order valence-corrected chi connectivity index (χ2v) is 10.6. The molecule has 2 amide bonds. The minimum absolute atomic E-state index is 0.176. The first-order valence-corrected chi connectivity index (χ1v) is 12.5. The summed E-state index contributed by atoms with van der Waals surface area (Å²) in [5.74, 6) is 1.70. The molecule has 34 heavy (non-hydrogen) atoms. The van der Waals surface area contributed by atoms with Crippen LogP contribution in [0.5, 0.6) is 11.5 Å². The minimum atomic E-state index is -0.256. The molecule has 4 aliphatic carbocycles. The average Bonchev–Trinajstić information content (AvgIpc) is 3.62. The maximum atomic E-state index is 13.1. The van der Waals surface area contributed by atoms with E-state index in [4.69, 9.17) is 21.1 Å². The van der Waals surface area contributed by atoms with E-state index in [-0.39, 0.29) is 35.5 Å². The largest absolute Gasteiger partial charge is 0.493 e. The molecule has 0 N–H and O–H groups in total. The molecule has 8 heteroatoms. The molecule has 1 heterocycles. The van der Waals surface area contributed by atoms with Gasteiger partial charge in [-0.3, -0.25) is 9.59 Å². The van der Waals surface area contributed by atoms with Crippen LogP contribution in [0, 0.1) is 35.5 Å². The molecular weight excluding hydrogens is 520 g/mol.